The fraction of sp³-hybridized carbons (Fsp3) is 0.474. The van der Waals surface area contributed by atoms with Crippen molar-refractivity contribution in [1.82, 2.24) is 15.1 Å². The van der Waals surface area contributed by atoms with Crippen LogP contribution in [0.15, 0.2) is 24.4 Å². The van der Waals surface area contributed by atoms with Gasteiger partial charge in [0.2, 0.25) is 0 Å². The van der Waals surface area contributed by atoms with Crippen LogP contribution in [0.2, 0.25) is 0 Å². The van der Waals surface area contributed by atoms with Gasteiger partial charge in [-0.05, 0) is 30.5 Å². The molecule has 0 aliphatic carbocycles. The zero-order valence-corrected chi connectivity index (χ0v) is 15.5. The Bertz CT molecular complexity index is 821. The van der Waals surface area contributed by atoms with E-state index in [1.807, 2.05) is 19.9 Å². The molecular formula is C19H23F2N3O3. The topological polar surface area (TPSA) is 65.4 Å². The Morgan fingerprint density at radius 2 is 1.93 bits per heavy atom. The van der Waals surface area contributed by atoms with E-state index in [2.05, 4.69) is 10.4 Å². The summed E-state index contributed by atoms with van der Waals surface area (Å²) < 4.78 is 39.1. The van der Waals surface area contributed by atoms with Crippen molar-refractivity contribution in [3.8, 4) is 11.5 Å². The highest BCUT2D eigenvalue weighted by molar-refractivity contribution is 5.94. The molecular weight excluding hydrogens is 356 g/mol. The van der Waals surface area contributed by atoms with Gasteiger partial charge >= 0.3 is 0 Å². The smallest absolute Gasteiger partial charge is 0.272 e. The average Bonchev–Trinajstić information content (AvgIpc) is 3.04. The normalized spacial score (nSPS) is 14.5. The molecule has 1 aromatic carbocycles. The van der Waals surface area contributed by atoms with E-state index in [1.165, 1.54) is 10.9 Å². The van der Waals surface area contributed by atoms with Crippen LogP contribution in [0, 0.1) is 5.92 Å². The van der Waals surface area contributed by atoms with Gasteiger partial charge in [0.05, 0.1) is 11.6 Å². The van der Waals surface area contributed by atoms with Crippen LogP contribution >= 0.6 is 0 Å². The third-order valence-corrected chi connectivity index (χ3v) is 4.21. The van der Waals surface area contributed by atoms with Gasteiger partial charge in [0, 0.05) is 12.7 Å². The van der Waals surface area contributed by atoms with E-state index in [-0.39, 0.29) is 17.2 Å². The van der Waals surface area contributed by atoms with Crippen LogP contribution in [-0.2, 0) is 6.54 Å². The lowest BCUT2D eigenvalue weighted by molar-refractivity contribution is 0.0920. The first-order valence-corrected chi connectivity index (χ1v) is 8.91. The van der Waals surface area contributed by atoms with Gasteiger partial charge in [-0.1, -0.05) is 19.9 Å². The van der Waals surface area contributed by atoms with E-state index < -0.39 is 18.4 Å². The fourth-order valence-electron chi connectivity index (χ4n) is 2.92. The Morgan fingerprint density at radius 1 is 1.22 bits per heavy atom. The van der Waals surface area contributed by atoms with E-state index in [1.54, 1.807) is 19.1 Å². The molecule has 3 rings (SSSR count). The number of nitrogens with zero attached hydrogens (tertiary/aromatic N) is 2. The van der Waals surface area contributed by atoms with Gasteiger partial charge in [0.25, 0.3) is 12.3 Å². The first kappa shape index (κ1) is 19.1. The molecule has 6 nitrogen and oxygen atoms in total. The van der Waals surface area contributed by atoms with Crippen molar-refractivity contribution in [2.75, 3.05) is 13.2 Å². The number of hydrogen-bond donors (Lipinski definition) is 1. The lowest BCUT2D eigenvalue weighted by atomic mass is 10.1. The number of rotatable bonds is 6. The van der Waals surface area contributed by atoms with Crippen LogP contribution in [0.1, 0.15) is 54.9 Å². The molecule has 146 valence electrons. The van der Waals surface area contributed by atoms with Gasteiger partial charge in [-0.15, -0.1) is 0 Å². The highest BCUT2D eigenvalue weighted by Crippen LogP contribution is 2.32. The number of halogens is 2. The van der Waals surface area contributed by atoms with E-state index in [9.17, 15) is 13.6 Å². The summed E-state index contributed by atoms with van der Waals surface area (Å²) in [4.78, 5) is 12.6. The van der Waals surface area contributed by atoms with Crippen molar-refractivity contribution >= 4 is 5.91 Å². The van der Waals surface area contributed by atoms with Gasteiger partial charge in [-0.3, -0.25) is 9.48 Å². The minimum Gasteiger partial charge on any atom is -0.486 e. The molecule has 1 aromatic heterocycles. The van der Waals surface area contributed by atoms with Crippen LogP contribution in [0.5, 0.6) is 11.5 Å². The number of amides is 1. The van der Waals surface area contributed by atoms with E-state index in [0.717, 1.165) is 5.56 Å². The largest absolute Gasteiger partial charge is 0.486 e. The lowest BCUT2D eigenvalue weighted by Crippen LogP contribution is -2.28. The predicted octanol–water partition coefficient (Wildman–Crippen LogP) is 3.74. The van der Waals surface area contributed by atoms with Crippen LogP contribution in [-0.4, -0.2) is 28.9 Å². The van der Waals surface area contributed by atoms with Gasteiger partial charge < -0.3 is 14.8 Å². The fourth-order valence-corrected chi connectivity index (χ4v) is 2.92. The molecule has 1 aliphatic rings. The second kappa shape index (κ2) is 7.94. The molecule has 1 N–H and O–H groups in total. The quantitative estimate of drug-likeness (QED) is 0.830. The maximum absolute atomic E-state index is 13.3. The molecule has 2 aromatic rings. The summed E-state index contributed by atoms with van der Waals surface area (Å²) in [6.07, 6.45) is -1.52. The molecule has 1 amide bonds. The summed E-state index contributed by atoms with van der Waals surface area (Å²) in [7, 11) is 0. The van der Waals surface area contributed by atoms with Gasteiger partial charge in [-0.2, -0.15) is 5.10 Å². The molecule has 8 heteroatoms. The van der Waals surface area contributed by atoms with Crippen molar-refractivity contribution in [3.05, 3.63) is 41.2 Å². The second-order valence-corrected chi connectivity index (χ2v) is 6.95. The van der Waals surface area contributed by atoms with Crippen LogP contribution < -0.4 is 14.8 Å². The lowest BCUT2D eigenvalue weighted by Gasteiger charge is -2.21. The Kier molecular flexibility index (Phi) is 5.62. The number of ether oxygens (including phenoxy) is 2. The molecule has 0 saturated carbocycles. The Balaban J connectivity index is 1.77. The van der Waals surface area contributed by atoms with Crippen molar-refractivity contribution in [2.24, 2.45) is 5.92 Å². The van der Waals surface area contributed by atoms with E-state index >= 15 is 0 Å². The first-order chi connectivity index (χ1) is 12.8. The Labute approximate surface area is 156 Å². The van der Waals surface area contributed by atoms with Crippen LogP contribution in [0.3, 0.4) is 0 Å². The molecule has 0 unspecified atom stereocenters. The van der Waals surface area contributed by atoms with Crippen molar-refractivity contribution in [3.63, 3.8) is 0 Å². The number of alkyl halides is 2. The van der Waals surface area contributed by atoms with Crippen molar-refractivity contribution < 1.29 is 23.0 Å². The third kappa shape index (κ3) is 4.37. The SMILES string of the molecule is CC(C)Cn1cc(C(F)F)c(C(=O)N[C@@H](C)c2ccc3c(c2)OCCO3)n1. The van der Waals surface area contributed by atoms with Crippen molar-refractivity contribution in [2.45, 2.75) is 39.8 Å². The van der Waals surface area contributed by atoms with Crippen molar-refractivity contribution in [1.29, 1.82) is 0 Å². The summed E-state index contributed by atoms with van der Waals surface area (Å²) in [5, 5.41) is 6.81. The van der Waals surface area contributed by atoms with Crippen LogP contribution in [0.4, 0.5) is 8.78 Å². The van der Waals surface area contributed by atoms with E-state index in [4.69, 9.17) is 9.47 Å². The van der Waals surface area contributed by atoms with Crippen LogP contribution in [0.25, 0.3) is 0 Å². The summed E-state index contributed by atoms with van der Waals surface area (Å²) in [5.41, 5.74) is 0.186. The Morgan fingerprint density at radius 3 is 2.59 bits per heavy atom. The zero-order chi connectivity index (χ0) is 19.6. The van der Waals surface area contributed by atoms with E-state index in [0.29, 0.717) is 31.3 Å². The molecule has 0 spiro atoms. The third-order valence-electron chi connectivity index (χ3n) is 4.21. The summed E-state index contributed by atoms with van der Waals surface area (Å²) >= 11 is 0. The number of aromatic nitrogens is 2. The molecule has 0 fully saturated rings. The Hall–Kier alpha value is -2.64. The number of carbonyl (C=O) groups is 1. The first-order valence-electron chi connectivity index (χ1n) is 8.91. The number of hydrogen-bond acceptors (Lipinski definition) is 4. The molecule has 1 atom stereocenters. The summed E-state index contributed by atoms with van der Waals surface area (Å²) in [6, 6.07) is 4.96. The average molecular weight is 379 g/mol. The number of fused-ring (bicyclic) bond motifs is 1. The number of benzene rings is 1. The van der Waals surface area contributed by atoms with Gasteiger partial charge in [0.15, 0.2) is 17.2 Å². The molecule has 0 radical (unpaired) electrons. The predicted molar refractivity (Wildman–Crippen MR) is 95.3 cm³/mol. The standard InChI is InChI=1S/C19H23F2N3O3/c1-11(2)9-24-10-14(18(20)21)17(23-24)19(25)22-12(3)13-4-5-15-16(8-13)27-7-6-26-15/h4-5,8,10-12,18H,6-7,9H2,1-3H3,(H,22,25)/t12-/m0/s1. The monoisotopic (exact) mass is 379 g/mol. The minimum absolute atomic E-state index is 0.225. The minimum atomic E-state index is -2.77. The molecule has 0 bridgehead atoms. The maximum atomic E-state index is 13.3. The van der Waals surface area contributed by atoms with Gasteiger partial charge in [0.1, 0.15) is 13.2 Å². The highest BCUT2D eigenvalue weighted by Gasteiger charge is 2.25. The number of carbonyl (C=O) groups excluding carboxylic acids is 1. The molecule has 2 heterocycles. The molecule has 1 aliphatic heterocycles. The zero-order valence-electron chi connectivity index (χ0n) is 15.5. The van der Waals surface area contributed by atoms with Gasteiger partial charge in [-0.25, -0.2) is 8.78 Å². The maximum Gasteiger partial charge on any atom is 0.272 e. The number of nitrogens with one attached hydrogen (secondary N) is 1. The second-order valence-electron chi connectivity index (χ2n) is 6.95. The summed E-state index contributed by atoms with van der Waals surface area (Å²) in [6.45, 7) is 7.10. The molecule has 27 heavy (non-hydrogen) atoms. The highest BCUT2D eigenvalue weighted by atomic mass is 19.3. The molecule has 0 saturated heterocycles. The summed E-state index contributed by atoms with van der Waals surface area (Å²) in [5.74, 6) is 0.850.